The standard InChI is InChI=1S/C18H27NO/c1-13-8-14(2)10-16(9-13)11-18(6-7-20-15(18)3)12-19-17-4-5-17/h8-10,15,17,19H,4-7,11-12H2,1-3H3. The predicted molar refractivity (Wildman–Crippen MR) is 83.1 cm³/mol. The molecule has 0 radical (unpaired) electrons. The van der Waals surface area contributed by atoms with Crippen molar-refractivity contribution in [2.45, 2.75) is 58.6 Å². The van der Waals surface area contributed by atoms with Crippen LogP contribution in [0.1, 0.15) is 42.9 Å². The van der Waals surface area contributed by atoms with Crippen molar-refractivity contribution in [2.75, 3.05) is 13.2 Å². The molecule has 0 aromatic heterocycles. The van der Waals surface area contributed by atoms with Gasteiger partial charge in [-0.1, -0.05) is 29.3 Å². The Kier molecular flexibility index (Phi) is 3.87. The van der Waals surface area contributed by atoms with Crippen molar-refractivity contribution >= 4 is 0 Å². The van der Waals surface area contributed by atoms with E-state index in [1.165, 1.54) is 36.0 Å². The summed E-state index contributed by atoms with van der Waals surface area (Å²) in [7, 11) is 0. The molecule has 0 bridgehead atoms. The maximum Gasteiger partial charge on any atom is 0.0619 e. The van der Waals surface area contributed by atoms with Crippen LogP contribution in [-0.2, 0) is 11.2 Å². The Hall–Kier alpha value is -0.860. The molecule has 1 saturated heterocycles. The minimum absolute atomic E-state index is 0.281. The minimum Gasteiger partial charge on any atom is -0.378 e. The summed E-state index contributed by atoms with van der Waals surface area (Å²) in [5.74, 6) is 0. The fourth-order valence-corrected chi connectivity index (χ4v) is 3.56. The highest BCUT2D eigenvalue weighted by Crippen LogP contribution is 2.39. The summed E-state index contributed by atoms with van der Waals surface area (Å²) in [5.41, 5.74) is 4.49. The van der Waals surface area contributed by atoms with Crippen LogP contribution < -0.4 is 5.32 Å². The maximum atomic E-state index is 5.91. The lowest BCUT2D eigenvalue weighted by Crippen LogP contribution is -2.42. The molecule has 2 aliphatic rings. The van der Waals surface area contributed by atoms with E-state index in [0.717, 1.165) is 25.6 Å². The molecule has 2 fully saturated rings. The molecule has 0 amide bonds. The first-order valence-corrected chi connectivity index (χ1v) is 8.00. The molecule has 2 atom stereocenters. The summed E-state index contributed by atoms with van der Waals surface area (Å²) in [4.78, 5) is 0. The molecule has 2 nitrogen and oxygen atoms in total. The molecule has 1 aliphatic heterocycles. The van der Waals surface area contributed by atoms with Gasteiger partial charge in [-0.3, -0.25) is 0 Å². The summed E-state index contributed by atoms with van der Waals surface area (Å²) in [6, 6.07) is 7.72. The van der Waals surface area contributed by atoms with Gasteiger partial charge in [-0.05, 0) is 52.0 Å². The van der Waals surface area contributed by atoms with Crippen LogP contribution in [0.25, 0.3) is 0 Å². The Labute approximate surface area is 122 Å². The van der Waals surface area contributed by atoms with Crippen molar-refractivity contribution in [2.24, 2.45) is 5.41 Å². The predicted octanol–water partition coefficient (Wildman–Crippen LogP) is 3.39. The SMILES string of the molecule is Cc1cc(C)cc(CC2(CNC3CC3)CCOC2C)c1. The zero-order valence-electron chi connectivity index (χ0n) is 13.0. The maximum absolute atomic E-state index is 5.91. The van der Waals surface area contributed by atoms with Crippen LogP contribution in [0.3, 0.4) is 0 Å². The summed E-state index contributed by atoms with van der Waals surface area (Å²) < 4.78 is 5.91. The van der Waals surface area contributed by atoms with Crippen molar-refractivity contribution in [1.29, 1.82) is 0 Å². The highest BCUT2D eigenvalue weighted by molar-refractivity contribution is 5.29. The van der Waals surface area contributed by atoms with Gasteiger partial charge in [0.2, 0.25) is 0 Å². The zero-order chi connectivity index (χ0) is 14.2. The van der Waals surface area contributed by atoms with E-state index in [1.807, 2.05) is 0 Å². The molecular formula is C18H27NO. The van der Waals surface area contributed by atoms with E-state index in [2.05, 4.69) is 44.3 Å². The Morgan fingerprint density at radius 2 is 1.90 bits per heavy atom. The van der Waals surface area contributed by atoms with Crippen LogP contribution in [0.2, 0.25) is 0 Å². The number of hydrogen-bond acceptors (Lipinski definition) is 2. The monoisotopic (exact) mass is 273 g/mol. The quantitative estimate of drug-likeness (QED) is 0.888. The lowest BCUT2D eigenvalue weighted by molar-refractivity contribution is 0.0628. The van der Waals surface area contributed by atoms with Gasteiger partial charge >= 0.3 is 0 Å². The summed E-state index contributed by atoms with van der Waals surface area (Å²) in [6.07, 6.45) is 5.38. The van der Waals surface area contributed by atoms with Crippen molar-refractivity contribution in [3.05, 3.63) is 34.9 Å². The van der Waals surface area contributed by atoms with Gasteiger partial charge in [-0.25, -0.2) is 0 Å². The molecule has 0 spiro atoms. The van der Waals surface area contributed by atoms with Crippen molar-refractivity contribution < 1.29 is 4.74 Å². The van der Waals surface area contributed by atoms with Crippen molar-refractivity contribution in [3.63, 3.8) is 0 Å². The van der Waals surface area contributed by atoms with E-state index in [-0.39, 0.29) is 5.41 Å². The van der Waals surface area contributed by atoms with Crippen LogP contribution in [0.4, 0.5) is 0 Å². The largest absolute Gasteiger partial charge is 0.378 e. The third kappa shape index (κ3) is 3.07. The molecule has 1 heterocycles. The van der Waals surface area contributed by atoms with E-state index < -0.39 is 0 Å². The smallest absolute Gasteiger partial charge is 0.0619 e. The minimum atomic E-state index is 0.281. The topological polar surface area (TPSA) is 21.3 Å². The number of rotatable bonds is 5. The van der Waals surface area contributed by atoms with Crippen molar-refractivity contribution in [3.8, 4) is 0 Å². The lowest BCUT2D eigenvalue weighted by atomic mass is 9.76. The Morgan fingerprint density at radius 1 is 1.20 bits per heavy atom. The first kappa shape index (κ1) is 14.1. The van der Waals surface area contributed by atoms with E-state index in [4.69, 9.17) is 4.74 Å². The van der Waals surface area contributed by atoms with Crippen LogP contribution >= 0.6 is 0 Å². The van der Waals surface area contributed by atoms with Gasteiger partial charge in [0, 0.05) is 24.6 Å². The fourth-order valence-electron chi connectivity index (χ4n) is 3.56. The molecule has 20 heavy (non-hydrogen) atoms. The number of nitrogens with one attached hydrogen (secondary N) is 1. The molecule has 1 aliphatic carbocycles. The lowest BCUT2D eigenvalue weighted by Gasteiger charge is -2.33. The number of aryl methyl sites for hydroxylation is 2. The second-order valence-electron chi connectivity index (χ2n) is 6.95. The van der Waals surface area contributed by atoms with Crippen LogP contribution in [-0.4, -0.2) is 25.3 Å². The van der Waals surface area contributed by atoms with Crippen LogP contribution in [0.15, 0.2) is 18.2 Å². The normalized spacial score (nSPS) is 29.9. The second-order valence-corrected chi connectivity index (χ2v) is 6.95. The number of benzene rings is 1. The van der Waals surface area contributed by atoms with Gasteiger partial charge in [0.25, 0.3) is 0 Å². The number of ether oxygens (including phenoxy) is 1. The molecule has 2 unspecified atom stereocenters. The molecule has 3 rings (SSSR count). The first-order chi connectivity index (χ1) is 9.57. The van der Waals surface area contributed by atoms with Gasteiger partial charge in [0.05, 0.1) is 6.10 Å². The first-order valence-electron chi connectivity index (χ1n) is 8.00. The van der Waals surface area contributed by atoms with E-state index in [1.54, 1.807) is 0 Å². The number of hydrogen-bond donors (Lipinski definition) is 1. The van der Waals surface area contributed by atoms with Gasteiger partial charge in [0.1, 0.15) is 0 Å². The van der Waals surface area contributed by atoms with E-state index >= 15 is 0 Å². The third-order valence-electron chi connectivity index (χ3n) is 4.99. The molecule has 1 aromatic carbocycles. The average Bonchev–Trinajstić information content (AvgIpc) is 3.12. The molecule has 2 heteroatoms. The highest BCUT2D eigenvalue weighted by Gasteiger charge is 2.42. The van der Waals surface area contributed by atoms with Gasteiger partial charge in [-0.15, -0.1) is 0 Å². The molecular weight excluding hydrogens is 246 g/mol. The van der Waals surface area contributed by atoms with Gasteiger partial charge in [-0.2, -0.15) is 0 Å². The second kappa shape index (κ2) is 5.50. The highest BCUT2D eigenvalue weighted by atomic mass is 16.5. The van der Waals surface area contributed by atoms with Crippen molar-refractivity contribution in [1.82, 2.24) is 5.32 Å². The summed E-state index contributed by atoms with van der Waals surface area (Å²) in [5, 5.41) is 3.74. The molecule has 1 N–H and O–H groups in total. The van der Waals surface area contributed by atoms with E-state index in [9.17, 15) is 0 Å². The average molecular weight is 273 g/mol. The zero-order valence-corrected chi connectivity index (χ0v) is 13.0. The Bertz CT molecular complexity index is 460. The molecule has 110 valence electrons. The Balaban J connectivity index is 1.77. The van der Waals surface area contributed by atoms with E-state index in [0.29, 0.717) is 6.10 Å². The summed E-state index contributed by atoms with van der Waals surface area (Å²) in [6.45, 7) is 8.66. The van der Waals surface area contributed by atoms with Crippen LogP contribution in [0, 0.1) is 19.3 Å². The third-order valence-corrected chi connectivity index (χ3v) is 4.99. The van der Waals surface area contributed by atoms with Crippen LogP contribution in [0.5, 0.6) is 0 Å². The summed E-state index contributed by atoms with van der Waals surface area (Å²) >= 11 is 0. The molecule has 1 saturated carbocycles. The van der Waals surface area contributed by atoms with Gasteiger partial charge in [0.15, 0.2) is 0 Å². The molecule has 1 aromatic rings. The van der Waals surface area contributed by atoms with Gasteiger partial charge < -0.3 is 10.1 Å². The Morgan fingerprint density at radius 3 is 2.45 bits per heavy atom. The fraction of sp³-hybridized carbons (Fsp3) is 0.667.